The van der Waals surface area contributed by atoms with Crippen molar-refractivity contribution in [2.45, 2.75) is 19.8 Å². The van der Waals surface area contributed by atoms with Gasteiger partial charge in [0.1, 0.15) is 5.69 Å². The molecule has 110 valence electrons. The highest BCUT2D eigenvalue weighted by Crippen LogP contribution is 2.37. The van der Waals surface area contributed by atoms with Gasteiger partial charge >= 0.3 is 0 Å². The van der Waals surface area contributed by atoms with Crippen LogP contribution in [-0.2, 0) is 7.05 Å². The Labute approximate surface area is 123 Å². The number of methoxy groups -OCH3 is 1. The highest BCUT2D eigenvalue weighted by atomic mass is 16.5. The third-order valence-corrected chi connectivity index (χ3v) is 3.10. The van der Waals surface area contributed by atoms with Crippen LogP contribution in [0, 0.1) is 11.3 Å². The van der Waals surface area contributed by atoms with Crippen molar-refractivity contribution in [2.24, 2.45) is 7.05 Å². The summed E-state index contributed by atoms with van der Waals surface area (Å²) in [7, 11) is 3.29. The maximum Gasteiger partial charge on any atom is 0.241 e. The summed E-state index contributed by atoms with van der Waals surface area (Å²) < 4.78 is 12.7. The van der Waals surface area contributed by atoms with Gasteiger partial charge in [0.05, 0.1) is 24.4 Å². The molecule has 0 amide bonds. The van der Waals surface area contributed by atoms with Crippen LogP contribution in [0.2, 0.25) is 0 Å². The Bertz CT molecular complexity index is 698. The number of nitrogen functional groups attached to an aromatic ring is 1. The summed E-state index contributed by atoms with van der Waals surface area (Å²) in [5.41, 5.74) is 7.90. The molecule has 2 N–H and O–H groups in total. The van der Waals surface area contributed by atoms with Gasteiger partial charge in [-0.1, -0.05) is 13.8 Å². The summed E-state index contributed by atoms with van der Waals surface area (Å²) in [6.07, 6.45) is 0. The van der Waals surface area contributed by atoms with E-state index in [9.17, 15) is 0 Å². The number of anilines is 1. The first-order chi connectivity index (χ1) is 9.97. The molecule has 0 aliphatic carbocycles. The smallest absolute Gasteiger partial charge is 0.241 e. The normalized spacial score (nSPS) is 10.5. The molecule has 2 aromatic rings. The summed E-state index contributed by atoms with van der Waals surface area (Å²) in [4.78, 5) is 0. The van der Waals surface area contributed by atoms with Crippen LogP contribution in [0.3, 0.4) is 0 Å². The first-order valence-corrected chi connectivity index (χ1v) is 6.56. The Morgan fingerprint density at radius 3 is 2.57 bits per heavy atom. The van der Waals surface area contributed by atoms with E-state index in [1.165, 1.54) is 7.11 Å². The number of nitriles is 1. The van der Waals surface area contributed by atoms with Crippen LogP contribution in [0.25, 0.3) is 0 Å². The molecule has 0 radical (unpaired) electrons. The molecule has 0 bridgehead atoms. The summed E-state index contributed by atoms with van der Waals surface area (Å²) in [6, 6.07) is 7.01. The zero-order chi connectivity index (χ0) is 15.6. The van der Waals surface area contributed by atoms with Crippen molar-refractivity contribution in [1.29, 1.82) is 5.26 Å². The number of nitrogens with zero attached hydrogens (tertiary/aromatic N) is 3. The predicted octanol–water partition coefficient (Wildman–Crippen LogP) is 2.80. The molecule has 0 fully saturated rings. The second-order valence-electron chi connectivity index (χ2n) is 4.96. The van der Waals surface area contributed by atoms with E-state index in [2.05, 4.69) is 11.2 Å². The molecule has 1 aromatic heterocycles. The van der Waals surface area contributed by atoms with Crippen molar-refractivity contribution in [2.75, 3.05) is 12.8 Å². The topological polar surface area (TPSA) is 86.1 Å². The zero-order valence-electron chi connectivity index (χ0n) is 12.5. The molecular formula is C15H18N4O2. The van der Waals surface area contributed by atoms with Gasteiger partial charge in [-0.05, 0) is 18.1 Å². The van der Waals surface area contributed by atoms with Crippen molar-refractivity contribution >= 4 is 5.69 Å². The summed E-state index contributed by atoms with van der Waals surface area (Å²) >= 11 is 0. The maximum absolute atomic E-state index is 8.91. The van der Waals surface area contributed by atoms with E-state index in [1.54, 1.807) is 29.9 Å². The Morgan fingerprint density at radius 1 is 1.33 bits per heavy atom. The van der Waals surface area contributed by atoms with Gasteiger partial charge in [0.2, 0.25) is 5.88 Å². The minimum absolute atomic E-state index is 0.205. The highest BCUT2D eigenvalue weighted by Gasteiger charge is 2.19. The van der Waals surface area contributed by atoms with Crippen LogP contribution in [0.1, 0.15) is 31.0 Å². The van der Waals surface area contributed by atoms with Gasteiger partial charge in [-0.3, -0.25) is 0 Å². The van der Waals surface area contributed by atoms with Crippen molar-refractivity contribution in [3.8, 4) is 23.4 Å². The largest absolute Gasteiger partial charge is 0.493 e. The predicted molar refractivity (Wildman–Crippen MR) is 79.5 cm³/mol. The zero-order valence-corrected chi connectivity index (χ0v) is 12.5. The van der Waals surface area contributed by atoms with Crippen LogP contribution in [0.4, 0.5) is 5.69 Å². The molecule has 2 rings (SSSR count). The minimum Gasteiger partial charge on any atom is -0.493 e. The number of benzene rings is 1. The molecule has 6 heteroatoms. The van der Waals surface area contributed by atoms with Gasteiger partial charge in [0, 0.05) is 13.1 Å². The van der Waals surface area contributed by atoms with Crippen LogP contribution >= 0.6 is 0 Å². The van der Waals surface area contributed by atoms with Gasteiger partial charge in [0.25, 0.3) is 0 Å². The van der Waals surface area contributed by atoms with E-state index in [0.29, 0.717) is 28.6 Å². The van der Waals surface area contributed by atoms with Crippen LogP contribution in [-0.4, -0.2) is 16.9 Å². The molecule has 0 saturated heterocycles. The lowest BCUT2D eigenvalue weighted by Gasteiger charge is -2.11. The highest BCUT2D eigenvalue weighted by molar-refractivity contribution is 5.57. The van der Waals surface area contributed by atoms with Crippen LogP contribution in [0.15, 0.2) is 18.2 Å². The number of nitrogens with two attached hydrogens (primary N) is 1. The molecule has 1 heterocycles. The molecule has 0 saturated carbocycles. The fraction of sp³-hybridized carbons (Fsp3) is 0.333. The lowest BCUT2D eigenvalue weighted by Crippen LogP contribution is -1.98. The summed E-state index contributed by atoms with van der Waals surface area (Å²) in [5.74, 6) is 1.63. The maximum atomic E-state index is 8.91. The molecule has 0 spiro atoms. The van der Waals surface area contributed by atoms with Gasteiger partial charge in [-0.25, -0.2) is 4.68 Å². The third kappa shape index (κ3) is 2.77. The van der Waals surface area contributed by atoms with Gasteiger partial charge < -0.3 is 15.2 Å². The lowest BCUT2D eigenvalue weighted by molar-refractivity contribution is 0.366. The van der Waals surface area contributed by atoms with Crippen LogP contribution in [0.5, 0.6) is 17.4 Å². The van der Waals surface area contributed by atoms with Gasteiger partial charge in [-0.2, -0.15) is 10.4 Å². The number of hydrogen-bond acceptors (Lipinski definition) is 5. The molecule has 21 heavy (non-hydrogen) atoms. The SMILES string of the molecule is COc1cc(C#N)ccc1Oc1c(N)c(C(C)C)nn1C. The number of hydrogen-bond donors (Lipinski definition) is 1. The number of rotatable bonds is 4. The molecule has 0 unspecified atom stereocenters. The monoisotopic (exact) mass is 286 g/mol. The van der Waals surface area contributed by atoms with E-state index in [-0.39, 0.29) is 5.92 Å². The van der Waals surface area contributed by atoms with Crippen molar-refractivity contribution in [3.05, 3.63) is 29.5 Å². The van der Waals surface area contributed by atoms with Crippen LogP contribution < -0.4 is 15.2 Å². The minimum atomic E-state index is 0.205. The summed E-state index contributed by atoms with van der Waals surface area (Å²) in [5, 5.41) is 13.3. The Morgan fingerprint density at radius 2 is 2.05 bits per heavy atom. The first kappa shape index (κ1) is 14.7. The second-order valence-corrected chi connectivity index (χ2v) is 4.96. The number of aromatic nitrogens is 2. The second kappa shape index (κ2) is 5.75. The Hall–Kier alpha value is -2.68. The van der Waals surface area contributed by atoms with E-state index in [4.69, 9.17) is 20.5 Å². The van der Waals surface area contributed by atoms with Gasteiger partial charge in [-0.15, -0.1) is 0 Å². The molecule has 0 aliphatic heterocycles. The molecule has 6 nitrogen and oxygen atoms in total. The number of aryl methyl sites for hydroxylation is 1. The van der Waals surface area contributed by atoms with Crippen molar-refractivity contribution in [1.82, 2.24) is 9.78 Å². The fourth-order valence-corrected chi connectivity index (χ4v) is 2.02. The first-order valence-electron chi connectivity index (χ1n) is 6.56. The average Bonchev–Trinajstić information content (AvgIpc) is 2.75. The number of ether oxygens (including phenoxy) is 2. The molecule has 0 aliphatic rings. The van der Waals surface area contributed by atoms with E-state index in [0.717, 1.165) is 5.69 Å². The third-order valence-electron chi connectivity index (χ3n) is 3.10. The van der Waals surface area contributed by atoms with Gasteiger partial charge in [0.15, 0.2) is 11.5 Å². The van der Waals surface area contributed by atoms with E-state index >= 15 is 0 Å². The Balaban J connectivity index is 2.41. The van der Waals surface area contributed by atoms with E-state index in [1.807, 2.05) is 13.8 Å². The van der Waals surface area contributed by atoms with Crippen molar-refractivity contribution < 1.29 is 9.47 Å². The molecular weight excluding hydrogens is 268 g/mol. The quantitative estimate of drug-likeness (QED) is 0.934. The molecule has 0 atom stereocenters. The van der Waals surface area contributed by atoms with E-state index < -0.39 is 0 Å². The Kier molecular flexibility index (Phi) is 4.03. The average molecular weight is 286 g/mol. The standard InChI is InChI=1S/C15H18N4O2/c1-9(2)14-13(17)15(19(3)18-14)21-11-6-5-10(8-16)7-12(11)20-4/h5-7,9H,17H2,1-4H3. The fourth-order valence-electron chi connectivity index (χ4n) is 2.02. The lowest BCUT2D eigenvalue weighted by atomic mass is 10.1. The van der Waals surface area contributed by atoms with Crippen molar-refractivity contribution in [3.63, 3.8) is 0 Å². The molecule has 1 aromatic carbocycles. The summed E-state index contributed by atoms with van der Waals surface area (Å²) in [6.45, 7) is 4.04.